The van der Waals surface area contributed by atoms with Crippen molar-refractivity contribution in [2.45, 2.75) is 17.9 Å². The van der Waals surface area contributed by atoms with E-state index in [0.717, 1.165) is 16.7 Å². The molecule has 122 valence electrons. The van der Waals surface area contributed by atoms with Gasteiger partial charge in [-0.25, -0.2) is 0 Å². The van der Waals surface area contributed by atoms with Crippen LogP contribution in [0.4, 0.5) is 0 Å². The Bertz CT molecular complexity index is 799. The molecule has 0 saturated carbocycles. The summed E-state index contributed by atoms with van der Waals surface area (Å²) < 4.78 is 28.0. The monoisotopic (exact) mass is 332 g/mol. The molecule has 2 rings (SSSR count). The number of aliphatic hydroxyl groups is 1. The predicted molar refractivity (Wildman–Crippen MR) is 91.0 cm³/mol. The molecule has 0 unspecified atom stereocenters. The van der Waals surface area contributed by atoms with Crippen LogP contribution < -0.4 is 0 Å². The van der Waals surface area contributed by atoms with Gasteiger partial charge in [0, 0.05) is 14.1 Å². The second kappa shape index (κ2) is 7.39. The highest BCUT2D eigenvalue weighted by Gasteiger charge is 2.12. The van der Waals surface area contributed by atoms with Crippen molar-refractivity contribution in [1.29, 1.82) is 0 Å². The van der Waals surface area contributed by atoms with Crippen molar-refractivity contribution in [1.82, 2.24) is 4.90 Å². The van der Waals surface area contributed by atoms with E-state index >= 15 is 0 Å². The molecule has 0 amide bonds. The van der Waals surface area contributed by atoms with E-state index in [4.69, 9.17) is 0 Å². The Morgan fingerprint density at radius 2 is 1.65 bits per heavy atom. The van der Waals surface area contributed by atoms with Gasteiger partial charge in [-0.05, 0) is 35.2 Å². The minimum atomic E-state index is -3.70. The summed E-state index contributed by atoms with van der Waals surface area (Å²) >= 11 is 0. The second-order valence-electron chi connectivity index (χ2n) is 5.46. The molecule has 6 heteroatoms. The summed E-state index contributed by atoms with van der Waals surface area (Å²) in [4.78, 5) is 1.74. The Morgan fingerprint density at radius 3 is 2.30 bits per heavy atom. The minimum Gasteiger partial charge on any atom is -0.392 e. The average Bonchev–Trinajstić information content (AvgIpc) is 2.53. The summed E-state index contributed by atoms with van der Waals surface area (Å²) in [5, 5.41) is 9.18. The van der Waals surface area contributed by atoms with Gasteiger partial charge in [-0.1, -0.05) is 36.4 Å². The molecular weight excluding hydrogens is 312 g/mol. The molecule has 0 bridgehead atoms. The maximum Gasteiger partial charge on any atom is 0.283 e. The molecule has 2 aromatic rings. The zero-order chi connectivity index (χ0) is 16.9. The first-order chi connectivity index (χ1) is 10.9. The van der Waals surface area contributed by atoms with Crippen molar-refractivity contribution in [3.63, 3.8) is 0 Å². The van der Waals surface area contributed by atoms with Crippen LogP contribution in [0.15, 0.2) is 57.8 Å². The van der Waals surface area contributed by atoms with Crippen LogP contribution in [0.5, 0.6) is 0 Å². The molecule has 0 spiro atoms. The predicted octanol–water partition coefficient (Wildman–Crippen LogP) is 2.05. The zero-order valence-electron chi connectivity index (χ0n) is 13.2. The van der Waals surface area contributed by atoms with E-state index in [0.29, 0.717) is 6.42 Å². The maximum atomic E-state index is 12.2. The summed E-state index contributed by atoms with van der Waals surface area (Å²) in [6, 6.07) is 14.3. The molecule has 0 heterocycles. The van der Waals surface area contributed by atoms with Gasteiger partial charge in [0.25, 0.3) is 10.0 Å². The van der Waals surface area contributed by atoms with Crippen LogP contribution in [0.3, 0.4) is 0 Å². The average molecular weight is 332 g/mol. The third-order valence-corrected chi connectivity index (χ3v) is 4.42. The molecule has 0 aliphatic carbocycles. The van der Waals surface area contributed by atoms with E-state index in [9.17, 15) is 13.5 Å². The largest absolute Gasteiger partial charge is 0.392 e. The summed E-state index contributed by atoms with van der Waals surface area (Å²) in [5.74, 6) is 0. The second-order valence-corrected chi connectivity index (χ2v) is 7.09. The number of nitrogens with zero attached hydrogens (tertiary/aromatic N) is 2. The van der Waals surface area contributed by atoms with Crippen molar-refractivity contribution in [3.8, 4) is 0 Å². The van der Waals surface area contributed by atoms with Gasteiger partial charge in [0.2, 0.25) is 0 Å². The van der Waals surface area contributed by atoms with E-state index < -0.39 is 10.0 Å². The Hall–Kier alpha value is -2.18. The Labute approximate surface area is 137 Å². The van der Waals surface area contributed by atoms with E-state index in [-0.39, 0.29) is 11.5 Å². The van der Waals surface area contributed by atoms with Crippen LogP contribution in [0, 0.1) is 0 Å². The molecule has 0 radical (unpaired) electrons. The van der Waals surface area contributed by atoms with Crippen LogP contribution in [0.25, 0.3) is 0 Å². The first kappa shape index (κ1) is 17.2. The highest BCUT2D eigenvalue weighted by molar-refractivity contribution is 7.90. The Kier molecular flexibility index (Phi) is 5.52. The number of hydrogen-bond donors (Lipinski definition) is 1. The maximum absolute atomic E-state index is 12.2. The number of rotatable bonds is 6. The molecule has 2 aromatic carbocycles. The summed E-state index contributed by atoms with van der Waals surface area (Å²) in [5.41, 5.74) is 2.73. The van der Waals surface area contributed by atoms with Crippen molar-refractivity contribution >= 4 is 16.4 Å². The van der Waals surface area contributed by atoms with Crippen molar-refractivity contribution in [2.24, 2.45) is 4.40 Å². The van der Waals surface area contributed by atoms with Crippen LogP contribution >= 0.6 is 0 Å². The molecule has 0 aromatic heterocycles. The summed E-state index contributed by atoms with van der Waals surface area (Å²) in [6.07, 6.45) is 1.86. The number of sulfonamides is 1. The number of benzene rings is 2. The van der Waals surface area contributed by atoms with Crippen molar-refractivity contribution in [3.05, 3.63) is 65.2 Å². The molecule has 0 saturated heterocycles. The quantitative estimate of drug-likeness (QED) is 0.649. The van der Waals surface area contributed by atoms with Gasteiger partial charge in [0.05, 0.1) is 11.5 Å². The van der Waals surface area contributed by atoms with Crippen molar-refractivity contribution < 1.29 is 13.5 Å². The Balaban J connectivity index is 2.26. The van der Waals surface area contributed by atoms with E-state index in [2.05, 4.69) is 4.40 Å². The lowest BCUT2D eigenvalue weighted by molar-refractivity contribution is 0.281. The van der Waals surface area contributed by atoms with E-state index in [1.807, 2.05) is 30.3 Å². The first-order valence-corrected chi connectivity index (χ1v) is 8.59. The van der Waals surface area contributed by atoms with Crippen LogP contribution in [0.2, 0.25) is 0 Å². The fraction of sp³-hybridized carbons (Fsp3) is 0.235. The lowest BCUT2D eigenvalue weighted by Gasteiger charge is -2.07. The van der Waals surface area contributed by atoms with Crippen LogP contribution in [-0.4, -0.2) is 38.9 Å². The SMILES string of the molecule is CN(C)/C=N/S(=O)(=O)c1cccc(Cc2cccc(CO)c2)c1. The topological polar surface area (TPSA) is 70.0 Å². The van der Waals surface area contributed by atoms with E-state index in [1.54, 1.807) is 31.1 Å². The lowest BCUT2D eigenvalue weighted by atomic mass is 10.0. The molecule has 23 heavy (non-hydrogen) atoms. The van der Waals surface area contributed by atoms with Crippen LogP contribution in [-0.2, 0) is 23.1 Å². The summed E-state index contributed by atoms with van der Waals surface area (Å²) in [7, 11) is -0.271. The van der Waals surface area contributed by atoms with Crippen LogP contribution in [0.1, 0.15) is 16.7 Å². The van der Waals surface area contributed by atoms with Crippen molar-refractivity contribution in [2.75, 3.05) is 14.1 Å². The van der Waals surface area contributed by atoms with Gasteiger partial charge in [-0.3, -0.25) is 0 Å². The molecule has 5 nitrogen and oxygen atoms in total. The smallest absolute Gasteiger partial charge is 0.283 e. The molecule has 0 aliphatic rings. The van der Waals surface area contributed by atoms with E-state index in [1.165, 1.54) is 12.4 Å². The van der Waals surface area contributed by atoms with Gasteiger partial charge in [-0.15, -0.1) is 4.40 Å². The zero-order valence-corrected chi connectivity index (χ0v) is 14.0. The van der Waals surface area contributed by atoms with Gasteiger partial charge < -0.3 is 10.0 Å². The lowest BCUT2D eigenvalue weighted by Crippen LogP contribution is -2.10. The molecule has 0 atom stereocenters. The third kappa shape index (κ3) is 4.91. The normalized spacial score (nSPS) is 11.8. The molecular formula is C17H20N2O3S. The molecule has 0 aliphatic heterocycles. The van der Waals surface area contributed by atoms with Gasteiger partial charge in [0.1, 0.15) is 6.34 Å². The number of hydrogen-bond acceptors (Lipinski definition) is 3. The number of aliphatic hydroxyl groups excluding tert-OH is 1. The van der Waals surface area contributed by atoms with Gasteiger partial charge >= 0.3 is 0 Å². The fourth-order valence-electron chi connectivity index (χ4n) is 2.11. The standard InChI is InChI=1S/C17H20N2O3S/c1-19(2)13-18-23(21,22)17-8-4-6-15(11-17)9-14-5-3-7-16(10-14)12-20/h3-8,10-11,13,20H,9,12H2,1-2H3/b18-13+. The Morgan fingerprint density at radius 1 is 1.04 bits per heavy atom. The first-order valence-electron chi connectivity index (χ1n) is 7.15. The summed E-state index contributed by atoms with van der Waals surface area (Å²) in [6.45, 7) is -0.0124. The fourth-order valence-corrected chi connectivity index (χ4v) is 3.09. The highest BCUT2D eigenvalue weighted by Crippen LogP contribution is 2.17. The van der Waals surface area contributed by atoms with Gasteiger partial charge in [0.15, 0.2) is 0 Å². The molecule has 0 fully saturated rings. The molecule has 1 N–H and O–H groups in total. The minimum absolute atomic E-state index is 0.0124. The third-order valence-electron chi connectivity index (χ3n) is 3.20. The highest BCUT2D eigenvalue weighted by atomic mass is 32.2. The van der Waals surface area contributed by atoms with Gasteiger partial charge in [-0.2, -0.15) is 8.42 Å².